The third-order valence-electron chi connectivity index (χ3n) is 3.29. The van der Waals surface area contributed by atoms with Crippen LogP contribution in [0.2, 0.25) is 0 Å². The van der Waals surface area contributed by atoms with Gasteiger partial charge in [0.05, 0.1) is 0 Å². The maximum atomic E-state index is 10.8. The second kappa shape index (κ2) is 5.93. The summed E-state index contributed by atoms with van der Waals surface area (Å²) in [4.78, 5) is 16.9. The molecule has 0 atom stereocenters. The average Bonchev–Trinajstić information content (AvgIpc) is 2.40. The minimum Gasteiger partial charge on any atom is -0.477 e. The van der Waals surface area contributed by atoms with E-state index < -0.39 is 5.97 Å². The van der Waals surface area contributed by atoms with Crippen LogP contribution in [0.25, 0.3) is 0 Å². The van der Waals surface area contributed by atoms with E-state index >= 15 is 0 Å². The molecule has 1 saturated heterocycles. The molecule has 0 amide bonds. The van der Waals surface area contributed by atoms with Crippen molar-refractivity contribution in [2.75, 3.05) is 20.3 Å². The fraction of sp³-hybridized carbons (Fsp3) is 0.538. The largest absolute Gasteiger partial charge is 0.477 e. The van der Waals surface area contributed by atoms with Crippen molar-refractivity contribution in [3.05, 3.63) is 29.6 Å². The second-order valence-corrected chi connectivity index (χ2v) is 4.61. The van der Waals surface area contributed by atoms with Crippen LogP contribution in [-0.4, -0.2) is 47.3 Å². The van der Waals surface area contributed by atoms with Crippen LogP contribution >= 0.6 is 0 Å². The molecule has 1 aliphatic rings. The van der Waals surface area contributed by atoms with Crippen molar-refractivity contribution < 1.29 is 14.6 Å². The van der Waals surface area contributed by atoms with Gasteiger partial charge in [0.1, 0.15) is 5.69 Å². The van der Waals surface area contributed by atoms with Crippen molar-refractivity contribution in [1.29, 1.82) is 0 Å². The van der Waals surface area contributed by atoms with Crippen LogP contribution in [0, 0.1) is 0 Å². The van der Waals surface area contributed by atoms with E-state index in [0.717, 1.165) is 38.2 Å². The molecule has 1 aromatic heterocycles. The maximum Gasteiger partial charge on any atom is 0.354 e. The molecule has 0 bridgehead atoms. The molecule has 98 valence electrons. The Hall–Kier alpha value is -1.46. The fourth-order valence-electron chi connectivity index (χ4n) is 2.23. The van der Waals surface area contributed by atoms with Gasteiger partial charge in [-0.25, -0.2) is 9.78 Å². The molecule has 2 rings (SSSR count). The highest BCUT2D eigenvalue weighted by Gasteiger charge is 2.18. The van der Waals surface area contributed by atoms with E-state index in [1.807, 2.05) is 6.07 Å². The average molecular weight is 250 g/mol. The van der Waals surface area contributed by atoms with Crippen molar-refractivity contribution >= 4 is 5.97 Å². The Bertz CT molecular complexity index is 416. The van der Waals surface area contributed by atoms with Crippen LogP contribution in [-0.2, 0) is 11.3 Å². The third kappa shape index (κ3) is 3.27. The standard InChI is InChI=1S/C13H18N2O3/c1-15(11-3-6-18-7-4-11)9-10-2-5-14-12(8-10)13(16)17/h2,5,8,11H,3-4,6-7,9H2,1H3,(H,16,17). The van der Waals surface area contributed by atoms with Crippen molar-refractivity contribution in [2.24, 2.45) is 0 Å². The Morgan fingerprint density at radius 2 is 2.28 bits per heavy atom. The summed E-state index contributed by atoms with van der Waals surface area (Å²) in [6, 6.07) is 4.01. The molecule has 0 aromatic carbocycles. The molecule has 0 aliphatic carbocycles. The smallest absolute Gasteiger partial charge is 0.354 e. The summed E-state index contributed by atoms with van der Waals surface area (Å²) in [5, 5.41) is 8.90. The molecule has 5 heteroatoms. The van der Waals surface area contributed by atoms with Gasteiger partial charge in [0.2, 0.25) is 0 Å². The molecular formula is C13H18N2O3. The van der Waals surface area contributed by atoms with Gasteiger partial charge >= 0.3 is 5.97 Å². The van der Waals surface area contributed by atoms with Crippen LogP contribution in [0.3, 0.4) is 0 Å². The third-order valence-corrected chi connectivity index (χ3v) is 3.29. The zero-order valence-corrected chi connectivity index (χ0v) is 10.5. The van der Waals surface area contributed by atoms with E-state index in [1.165, 1.54) is 0 Å². The number of carbonyl (C=O) groups is 1. The predicted octanol–water partition coefficient (Wildman–Crippen LogP) is 1.39. The highest BCUT2D eigenvalue weighted by molar-refractivity contribution is 5.85. The number of rotatable bonds is 4. The van der Waals surface area contributed by atoms with Gasteiger partial charge < -0.3 is 9.84 Å². The molecule has 2 heterocycles. The first kappa shape index (κ1) is 13.0. The number of pyridine rings is 1. The van der Waals surface area contributed by atoms with Gasteiger partial charge in [0.15, 0.2) is 0 Å². The van der Waals surface area contributed by atoms with Crippen LogP contribution in [0.5, 0.6) is 0 Å². The highest BCUT2D eigenvalue weighted by atomic mass is 16.5. The number of carboxylic acid groups (broad SMARTS) is 1. The highest BCUT2D eigenvalue weighted by Crippen LogP contribution is 2.15. The summed E-state index contributed by atoms with van der Waals surface area (Å²) < 4.78 is 5.34. The van der Waals surface area contributed by atoms with E-state index in [2.05, 4.69) is 16.9 Å². The number of ether oxygens (including phenoxy) is 1. The van der Waals surface area contributed by atoms with Crippen LogP contribution in [0.1, 0.15) is 28.9 Å². The lowest BCUT2D eigenvalue weighted by Crippen LogP contribution is -2.36. The molecule has 1 aliphatic heterocycles. The number of aromatic nitrogens is 1. The minimum absolute atomic E-state index is 0.105. The number of aromatic carboxylic acids is 1. The van der Waals surface area contributed by atoms with E-state index in [-0.39, 0.29) is 5.69 Å². The predicted molar refractivity (Wildman–Crippen MR) is 66.5 cm³/mol. The van der Waals surface area contributed by atoms with Crippen LogP contribution in [0.4, 0.5) is 0 Å². The summed E-state index contributed by atoms with van der Waals surface area (Å²) in [7, 11) is 2.07. The summed E-state index contributed by atoms with van der Waals surface area (Å²) in [6.07, 6.45) is 3.62. The quantitative estimate of drug-likeness (QED) is 0.875. The van der Waals surface area contributed by atoms with Crippen LogP contribution in [0.15, 0.2) is 18.3 Å². The Kier molecular flexibility index (Phi) is 4.28. The fourth-order valence-corrected chi connectivity index (χ4v) is 2.23. The molecule has 0 saturated carbocycles. The first-order valence-corrected chi connectivity index (χ1v) is 6.13. The maximum absolute atomic E-state index is 10.8. The zero-order valence-electron chi connectivity index (χ0n) is 10.5. The lowest BCUT2D eigenvalue weighted by Gasteiger charge is -2.31. The number of carboxylic acids is 1. The first-order chi connectivity index (χ1) is 8.66. The molecule has 0 spiro atoms. The second-order valence-electron chi connectivity index (χ2n) is 4.61. The van der Waals surface area contributed by atoms with Crippen molar-refractivity contribution in [3.8, 4) is 0 Å². The minimum atomic E-state index is -0.981. The molecule has 1 aromatic rings. The molecular weight excluding hydrogens is 232 g/mol. The summed E-state index contributed by atoms with van der Waals surface area (Å²) in [5.41, 5.74) is 1.09. The van der Waals surface area contributed by atoms with Gasteiger partial charge in [-0.2, -0.15) is 0 Å². The van der Waals surface area contributed by atoms with Gasteiger partial charge in [0, 0.05) is 32.0 Å². The molecule has 1 N–H and O–H groups in total. The summed E-state index contributed by atoms with van der Waals surface area (Å²) in [5.74, 6) is -0.981. The molecule has 0 radical (unpaired) electrons. The molecule has 1 fully saturated rings. The van der Waals surface area contributed by atoms with Gasteiger partial charge in [-0.3, -0.25) is 4.90 Å². The number of hydrogen-bond donors (Lipinski definition) is 1. The first-order valence-electron chi connectivity index (χ1n) is 6.13. The normalized spacial score (nSPS) is 17.0. The van der Waals surface area contributed by atoms with Gasteiger partial charge in [-0.05, 0) is 37.6 Å². The lowest BCUT2D eigenvalue weighted by molar-refractivity contribution is 0.0407. The van der Waals surface area contributed by atoms with Crippen LogP contribution < -0.4 is 0 Å². The van der Waals surface area contributed by atoms with Crippen molar-refractivity contribution in [2.45, 2.75) is 25.4 Å². The lowest BCUT2D eigenvalue weighted by atomic mass is 10.1. The van der Waals surface area contributed by atoms with Gasteiger partial charge in [-0.1, -0.05) is 0 Å². The molecule has 18 heavy (non-hydrogen) atoms. The summed E-state index contributed by atoms with van der Waals surface area (Å²) in [6.45, 7) is 2.37. The zero-order chi connectivity index (χ0) is 13.0. The monoisotopic (exact) mass is 250 g/mol. The van der Waals surface area contributed by atoms with E-state index in [1.54, 1.807) is 12.3 Å². The van der Waals surface area contributed by atoms with E-state index in [0.29, 0.717) is 6.04 Å². The molecule has 5 nitrogen and oxygen atoms in total. The SMILES string of the molecule is CN(Cc1ccnc(C(=O)O)c1)C1CCOCC1. The van der Waals surface area contributed by atoms with E-state index in [9.17, 15) is 4.79 Å². The van der Waals surface area contributed by atoms with Crippen molar-refractivity contribution in [1.82, 2.24) is 9.88 Å². The Morgan fingerprint density at radius 3 is 2.94 bits per heavy atom. The van der Waals surface area contributed by atoms with Gasteiger partial charge in [-0.15, -0.1) is 0 Å². The van der Waals surface area contributed by atoms with Gasteiger partial charge in [0.25, 0.3) is 0 Å². The van der Waals surface area contributed by atoms with Crippen molar-refractivity contribution in [3.63, 3.8) is 0 Å². The number of hydrogen-bond acceptors (Lipinski definition) is 4. The Morgan fingerprint density at radius 1 is 1.56 bits per heavy atom. The Balaban J connectivity index is 1.99. The number of nitrogens with zero attached hydrogens (tertiary/aromatic N) is 2. The summed E-state index contributed by atoms with van der Waals surface area (Å²) >= 11 is 0. The molecule has 0 unspecified atom stereocenters. The Labute approximate surface area is 106 Å². The topological polar surface area (TPSA) is 62.7 Å². The van der Waals surface area contributed by atoms with E-state index in [4.69, 9.17) is 9.84 Å².